The monoisotopic (exact) mass is 1640 g/mol. The molecule has 0 nitrogen and oxygen atoms in total. The quantitative estimate of drug-likeness (QED) is 0.0946. The van der Waals surface area contributed by atoms with Crippen molar-refractivity contribution in [3.8, 4) is 111 Å². The fourth-order valence-corrected chi connectivity index (χ4v) is 21.1. The Labute approximate surface area is 755 Å². The van der Waals surface area contributed by atoms with Crippen LogP contribution >= 0.6 is 0 Å². The summed E-state index contributed by atoms with van der Waals surface area (Å²) in [7, 11) is 0. The van der Waals surface area contributed by atoms with Gasteiger partial charge in [-0.15, -0.1) is 0 Å². The van der Waals surface area contributed by atoms with Crippen LogP contribution in [0.25, 0.3) is 251 Å². The first-order valence-corrected chi connectivity index (χ1v) is 45.1. The van der Waals surface area contributed by atoms with E-state index in [-0.39, 0.29) is 0 Å². The molecule has 26 aromatic rings. The fourth-order valence-electron chi connectivity index (χ4n) is 21.1. The third kappa shape index (κ3) is 13.5. The topological polar surface area (TPSA) is 0 Å². The third-order valence-corrected chi connectivity index (χ3v) is 26.9. The summed E-state index contributed by atoms with van der Waals surface area (Å²) in [5.74, 6) is 0. The third-order valence-electron chi connectivity index (χ3n) is 26.9. The van der Waals surface area contributed by atoms with E-state index in [0.29, 0.717) is 0 Å². The van der Waals surface area contributed by atoms with Gasteiger partial charge in [-0.25, -0.2) is 0 Å². The van der Waals surface area contributed by atoms with E-state index in [0.717, 1.165) is 0 Å². The summed E-state index contributed by atoms with van der Waals surface area (Å²) in [6, 6.07) is 186. The minimum atomic E-state index is 1.20. The molecule has 0 aromatic heterocycles. The molecule has 0 N–H and O–H groups in total. The van der Waals surface area contributed by atoms with Gasteiger partial charge in [-0.3, -0.25) is 0 Å². The molecular formula is C130H84. The van der Waals surface area contributed by atoms with Crippen molar-refractivity contribution in [1.82, 2.24) is 0 Å². The summed E-state index contributed by atoms with van der Waals surface area (Å²) in [6.45, 7) is 0. The van der Waals surface area contributed by atoms with Crippen LogP contribution in [0.15, 0.2) is 510 Å². The van der Waals surface area contributed by atoms with Crippen molar-refractivity contribution < 1.29 is 0 Å². The molecule has 0 unspecified atom stereocenters. The molecule has 0 aliphatic carbocycles. The molecule has 130 heavy (non-hydrogen) atoms. The van der Waals surface area contributed by atoms with Gasteiger partial charge in [0, 0.05) is 0 Å². The minimum absolute atomic E-state index is 1.20. The second-order valence-corrected chi connectivity index (χ2v) is 34.2. The lowest BCUT2D eigenvalue weighted by atomic mass is 9.80. The zero-order valence-electron chi connectivity index (χ0n) is 71.5. The first kappa shape index (κ1) is 76.7. The Morgan fingerprint density at radius 1 is 0.0846 bits per heavy atom. The number of benzene rings is 26. The number of fused-ring (bicyclic) bond motifs is 16. The van der Waals surface area contributed by atoms with Gasteiger partial charge in [0.15, 0.2) is 0 Å². The summed E-state index contributed by atoms with van der Waals surface area (Å²) >= 11 is 0. The van der Waals surface area contributed by atoms with Gasteiger partial charge in [0.25, 0.3) is 0 Å². The molecule has 604 valence electrons. The summed E-state index contributed by atoms with van der Waals surface area (Å²) in [4.78, 5) is 0. The van der Waals surface area contributed by atoms with Crippen molar-refractivity contribution in [2.24, 2.45) is 0 Å². The maximum atomic E-state index is 2.43. The number of rotatable bonds is 10. The highest BCUT2D eigenvalue weighted by Crippen LogP contribution is 2.53. The second kappa shape index (κ2) is 32.9. The molecule has 0 fully saturated rings. The second-order valence-electron chi connectivity index (χ2n) is 34.2. The lowest BCUT2D eigenvalue weighted by Crippen LogP contribution is -1.95. The van der Waals surface area contributed by atoms with Gasteiger partial charge in [0.2, 0.25) is 0 Å². The summed E-state index contributed by atoms with van der Waals surface area (Å²) in [5, 5.41) is 33.3. The average Bonchev–Trinajstić information content (AvgIpc) is 0.724. The maximum absolute atomic E-state index is 2.43. The SMILES string of the molecule is c1ccc(-c2c3ccccc3c(-c3cc4ccc5ccccc5c4c4ccccc34)c3ccccc23)cc1.c1ccc(-c2c3ccccc3c(-c3cccc4c3ccc3cc5ccccc5cc34)c3ccccc23)cc1.c1ccc(-c2ccc(-c3c4ccccc4c(-c4ccc(-c5ccccc5)cc4-c4ccccc4)c4cc5ccccc5cc34)c(-c3ccccc3)c2)cc1. The Bertz CT molecular complexity index is 8600. The number of hydrogen-bond donors (Lipinski definition) is 0. The Balaban J connectivity index is 0.000000111. The first-order chi connectivity index (χ1) is 64.5. The van der Waals surface area contributed by atoms with Crippen molar-refractivity contribution in [2.45, 2.75) is 0 Å². The van der Waals surface area contributed by atoms with Crippen LogP contribution in [0.1, 0.15) is 0 Å². The standard InChI is InChI=1S/C54H36.2C38H24/c1-5-17-37(18-6-1)43-29-31-47(49(33-43)39-21-9-3-10-22-39)53-45-27-15-16-28-46(45)54(52-36-42-26-14-13-25-41(42)35-51(52)53)48-32-30-44(38-19-7-2-8-20-38)34-50(48)40-23-11-4-12-24-40;1-2-11-25(12-3-1)37-32-15-6-8-17-34(32)38(35-18-9-7-16-33(35)37)31-20-10-19-29-30(31)22-21-28-23-26-13-4-5-14-27(26)24-36(28)29;1-2-13-26(14-3-1)36-31-18-8-10-20-33(31)38(34-21-11-9-19-32(34)36)35-24-27-23-22-25-12-4-5-15-28(25)37(27)30-17-7-6-16-29(30)35/h1-36H;2*1-24H. The molecule has 0 saturated heterocycles. The maximum Gasteiger partial charge on any atom is -0.00199 e. The molecule has 26 aromatic carbocycles. The molecule has 0 radical (unpaired) electrons. The molecule has 0 heterocycles. The van der Waals surface area contributed by atoms with Crippen molar-refractivity contribution >= 4 is 140 Å². The van der Waals surface area contributed by atoms with Crippen LogP contribution in [-0.2, 0) is 0 Å². The Kier molecular flexibility index (Phi) is 19.4. The van der Waals surface area contributed by atoms with Crippen LogP contribution in [-0.4, -0.2) is 0 Å². The molecular weight excluding hydrogens is 1560 g/mol. The van der Waals surface area contributed by atoms with Crippen LogP contribution in [0.4, 0.5) is 0 Å². The van der Waals surface area contributed by atoms with Crippen molar-refractivity contribution in [1.29, 1.82) is 0 Å². The molecule has 0 amide bonds. The first-order valence-electron chi connectivity index (χ1n) is 45.1. The smallest absolute Gasteiger partial charge is 0.00199 e. The number of hydrogen-bond acceptors (Lipinski definition) is 0. The van der Waals surface area contributed by atoms with Gasteiger partial charge in [-0.05, 0) is 294 Å². The van der Waals surface area contributed by atoms with Gasteiger partial charge < -0.3 is 0 Å². The zero-order chi connectivity index (χ0) is 86.0. The summed E-state index contributed by atoms with van der Waals surface area (Å²) < 4.78 is 0. The molecule has 26 rings (SSSR count). The highest BCUT2D eigenvalue weighted by molar-refractivity contribution is 6.31. The Morgan fingerprint density at radius 2 is 0.369 bits per heavy atom. The van der Waals surface area contributed by atoms with Crippen molar-refractivity contribution in [3.63, 3.8) is 0 Å². The largest absolute Gasteiger partial charge is 0.0622 e. The van der Waals surface area contributed by atoms with Gasteiger partial charge in [0.05, 0.1) is 0 Å². The zero-order valence-corrected chi connectivity index (χ0v) is 71.5. The van der Waals surface area contributed by atoms with Gasteiger partial charge in [-0.2, -0.15) is 0 Å². The molecule has 0 saturated carbocycles. The molecule has 0 aliphatic rings. The highest BCUT2D eigenvalue weighted by Gasteiger charge is 2.26. The lowest BCUT2D eigenvalue weighted by Gasteiger charge is -2.22. The van der Waals surface area contributed by atoms with E-state index in [1.807, 2.05) is 0 Å². The van der Waals surface area contributed by atoms with E-state index >= 15 is 0 Å². The Morgan fingerprint density at radius 3 is 0.785 bits per heavy atom. The van der Waals surface area contributed by atoms with Gasteiger partial charge in [-0.1, -0.05) is 467 Å². The van der Waals surface area contributed by atoms with E-state index < -0.39 is 0 Å². The molecule has 0 atom stereocenters. The summed E-state index contributed by atoms with van der Waals surface area (Å²) in [6.07, 6.45) is 0. The normalized spacial score (nSPS) is 11.5. The molecule has 0 heteroatoms. The highest BCUT2D eigenvalue weighted by atomic mass is 14.3. The van der Waals surface area contributed by atoms with Gasteiger partial charge in [0.1, 0.15) is 0 Å². The van der Waals surface area contributed by atoms with E-state index in [1.165, 1.54) is 251 Å². The van der Waals surface area contributed by atoms with E-state index in [1.54, 1.807) is 0 Å². The molecule has 0 bridgehead atoms. The van der Waals surface area contributed by atoms with Crippen molar-refractivity contribution in [2.75, 3.05) is 0 Å². The van der Waals surface area contributed by atoms with Crippen molar-refractivity contribution in [3.05, 3.63) is 510 Å². The predicted molar refractivity (Wildman–Crippen MR) is 561 cm³/mol. The fraction of sp³-hybridized carbons (Fsp3) is 0. The Hall–Kier alpha value is -16.9. The van der Waals surface area contributed by atoms with E-state index in [4.69, 9.17) is 0 Å². The van der Waals surface area contributed by atoms with Gasteiger partial charge >= 0.3 is 0 Å². The van der Waals surface area contributed by atoms with Crippen LogP contribution in [0.2, 0.25) is 0 Å². The molecule has 0 aliphatic heterocycles. The predicted octanol–water partition coefficient (Wildman–Crippen LogP) is 36.7. The van der Waals surface area contributed by atoms with E-state index in [2.05, 4.69) is 510 Å². The van der Waals surface area contributed by atoms with Crippen LogP contribution in [0, 0.1) is 0 Å². The van der Waals surface area contributed by atoms with Crippen LogP contribution in [0.5, 0.6) is 0 Å². The average molecular weight is 1650 g/mol. The van der Waals surface area contributed by atoms with Crippen LogP contribution < -0.4 is 0 Å². The molecule has 0 spiro atoms. The summed E-state index contributed by atoms with van der Waals surface area (Å²) in [5.41, 5.74) is 25.0. The van der Waals surface area contributed by atoms with Crippen LogP contribution in [0.3, 0.4) is 0 Å². The minimum Gasteiger partial charge on any atom is -0.0622 e. The lowest BCUT2D eigenvalue weighted by molar-refractivity contribution is 1.57. The van der Waals surface area contributed by atoms with E-state index in [9.17, 15) is 0 Å².